The minimum Gasteiger partial charge on any atom is -0.507 e. The number of hydrogen-bond donors (Lipinski definition) is 2. The van der Waals surface area contributed by atoms with Crippen molar-refractivity contribution in [2.45, 2.75) is 6.04 Å². The van der Waals surface area contributed by atoms with Crippen LogP contribution < -0.4 is 5.73 Å². The molecule has 0 heterocycles. The summed E-state index contributed by atoms with van der Waals surface area (Å²) < 4.78 is 0. The number of halogens is 1. The lowest BCUT2D eigenvalue weighted by Crippen LogP contribution is -2.54. The third-order valence-electron chi connectivity index (χ3n) is 3.58. The largest absolute Gasteiger partial charge is 0.507 e. The highest BCUT2D eigenvalue weighted by atomic mass is 35.5. The Labute approximate surface area is 122 Å². The van der Waals surface area contributed by atoms with Gasteiger partial charge in [-0.15, -0.1) is 0 Å². The van der Waals surface area contributed by atoms with Gasteiger partial charge in [-0.25, -0.2) is 0 Å². The van der Waals surface area contributed by atoms with Crippen molar-refractivity contribution in [3.05, 3.63) is 76.8 Å². The van der Waals surface area contributed by atoms with Crippen molar-refractivity contribution in [2.75, 3.05) is 0 Å². The first-order valence-electron chi connectivity index (χ1n) is 6.46. The summed E-state index contributed by atoms with van der Waals surface area (Å²) >= 11 is 5.90. The van der Waals surface area contributed by atoms with Gasteiger partial charge in [0, 0.05) is 16.0 Å². The second-order valence-electron chi connectivity index (χ2n) is 4.83. The van der Waals surface area contributed by atoms with Crippen LogP contribution in [0.5, 0.6) is 5.75 Å². The third-order valence-corrected chi connectivity index (χ3v) is 3.83. The van der Waals surface area contributed by atoms with Crippen molar-refractivity contribution in [1.29, 1.82) is 0 Å². The Hall–Kier alpha value is -2.03. The van der Waals surface area contributed by atoms with Crippen molar-refractivity contribution in [2.24, 2.45) is 0 Å². The summed E-state index contributed by atoms with van der Waals surface area (Å²) in [5.41, 5.74) is 6.03. The summed E-state index contributed by atoms with van der Waals surface area (Å²) in [6, 6.07) is 19.2. The molecule has 0 aliphatic rings. The highest BCUT2D eigenvalue weighted by Gasteiger charge is 2.18. The molecule has 4 N–H and O–H groups in total. The minimum absolute atomic E-state index is 0.128. The summed E-state index contributed by atoms with van der Waals surface area (Å²) in [5.74, 6) is 0.304. The van der Waals surface area contributed by atoms with Gasteiger partial charge in [-0.2, -0.15) is 0 Å². The molecule has 3 heteroatoms. The SMILES string of the molecule is [NH3+]C(c1ccc(Cl)cc1)c1ccc2ccccc2c1O. The molecular weight excluding hydrogens is 270 g/mol. The predicted molar refractivity (Wildman–Crippen MR) is 81.8 cm³/mol. The predicted octanol–water partition coefficient (Wildman–Crippen LogP) is 3.53. The van der Waals surface area contributed by atoms with Gasteiger partial charge in [0.05, 0.1) is 5.56 Å². The van der Waals surface area contributed by atoms with Gasteiger partial charge in [0.25, 0.3) is 0 Å². The Balaban J connectivity index is 2.09. The molecule has 0 radical (unpaired) electrons. The molecule has 20 heavy (non-hydrogen) atoms. The zero-order chi connectivity index (χ0) is 14.1. The quantitative estimate of drug-likeness (QED) is 0.743. The second kappa shape index (κ2) is 5.16. The fraction of sp³-hybridized carbons (Fsp3) is 0.0588. The monoisotopic (exact) mass is 284 g/mol. The van der Waals surface area contributed by atoms with Crippen molar-refractivity contribution in [3.63, 3.8) is 0 Å². The highest BCUT2D eigenvalue weighted by molar-refractivity contribution is 6.30. The van der Waals surface area contributed by atoms with Crippen LogP contribution in [0.4, 0.5) is 0 Å². The van der Waals surface area contributed by atoms with Crippen molar-refractivity contribution in [3.8, 4) is 5.75 Å². The van der Waals surface area contributed by atoms with E-state index in [-0.39, 0.29) is 6.04 Å². The van der Waals surface area contributed by atoms with Gasteiger partial charge in [0.15, 0.2) is 0 Å². The van der Waals surface area contributed by atoms with Crippen LogP contribution in [0.3, 0.4) is 0 Å². The minimum atomic E-state index is -0.128. The van der Waals surface area contributed by atoms with Crippen LogP contribution in [0.25, 0.3) is 10.8 Å². The lowest BCUT2D eigenvalue weighted by molar-refractivity contribution is -0.411. The molecule has 0 bridgehead atoms. The molecule has 3 aromatic carbocycles. The van der Waals surface area contributed by atoms with Crippen LogP contribution in [-0.2, 0) is 0 Å². The molecule has 0 amide bonds. The molecule has 0 fully saturated rings. The lowest BCUT2D eigenvalue weighted by Gasteiger charge is -2.13. The Morgan fingerprint density at radius 2 is 1.60 bits per heavy atom. The number of fused-ring (bicyclic) bond motifs is 1. The zero-order valence-electron chi connectivity index (χ0n) is 10.9. The number of phenolic OH excluding ortho intramolecular Hbond substituents is 1. The van der Waals surface area contributed by atoms with Gasteiger partial charge >= 0.3 is 0 Å². The zero-order valence-corrected chi connectivity index (χ0v) is 11.6. The van der Waals surface area contributed by atoms with Crippen LogP contribution in [0.15, 0.2) is 60.7 Å². The number of phenols is 1. The van der Waals surface area contributed by atoms with Crippen molar-refractivity contribution >= 4 is 22.4 Å². The van der Waals surface area contributed by atoms with E-state index in [0.29, 0.717) is 10.8 Å². The highest BCUT2D eigenvalue weighted by Crippen LogP contribution is 2.33. The third kappa shape index (κ3) is 2.24. The molecule has 0 aliphatic heterocycles. The smallest absolute Gasteiger partial charge is 0.139 e. The molecule has 1 atom stereocenters. The van der Waals surface area contributed by atoms with E-state index in [1.54, 1.807) is 0 Å². The summed E-state index contributed by atoms with van der Waals surface area (Å²) in [4.78, 5) is 0. The first-order chi connectivity index (χ1) is 9.66. The Kier molecular flexibility index (Phi) is 3.35. The number of rotatable bonds is 2. The van der Waals surface area contributed by atoms with E-state index in [9.17, 15) is 5.11 Å². The summed E-state index contributed by atoms with van der Waals surface area (Å²) in [5, 5.41) is 13.0. The number of aromatic hydroxyl groups is 1. The van der Waals surface area contributed by atoms with Gasteiger partial charge in [-0.1, -0.05) is 54.1 Å². The molecule has 1 unspecified atom stereocenters. The average molecular weight is 285 g/mol. The van der Waals surface area contributed by atoms with E-state index < -0.39 is 0 Å². The number of benzene rings is 3. The van der Waals surface area contributed by atoms with Crippen LogP contribution in [0.1, 0.15) is 17.2 Å². The molecule has 0 aromatic heterocycles. The normalized spacial score (nSPS) is 12.5. The molecule has 0 aliphatic carbocycles. The number of hydrogen-bond acceptors (Lipinski definition) is 1. The van der Waals surface area contributed by atoms with Gasteiger partial charge in [-0.3, -0.25) is 0 Å². The fourth-order valence-corrected chi connectivity index (χ4v) is 2.55. The van der Waals surface area contributed by atoms with Crippen LogP contribution >= 0.6 is 11.6 Å². The summed E-state index contributed by atoms with van der Waals surface area (Å²) in [7, 11) is 0. The van der Waals surface area contributed by atoms with Crippen LogP contribution in [0, 0.1) is 0 Å². The van der Waals surface area contributed by atoms with E-state index in [1.807, 2.05) is 60.7 Å². The maximum absolute atomic E-state index is 10.5. The first-order valence-corrected chi connectivity index (χ1v) is 6.84. The van der Waals surface area contributed by atoms with Crippen molar-refractivity contribution in [1.82, 2.24) is 0 Å². The average Bonchev–Trinajstić information content (AvgIpc) is 2.48. The standard InChI is InChI=1S/C17H14ClNO/c18-13-8-5-12(6-9-13)16(19)15-10-7-11-3-1-2-4-14(11)17(15)20/h1-10,16,20H,19H2/p+1. The van der Waals surface area contributed by atoms with Gasteiger partial charge in [0.2, 0.25) is 0 Å². The topological polar surface area (TPSA) is 47.9 Å². The van der Waals surface area contributed by atoms with Gasteiger partial charge in [0.1, 0.15) is 11.8 Å². The van der Waals surface area contributed by atoms with Crippen LogP contribution in [0.2, 0.25) is 5.02 Å². The molecule has 3 rings (SSSR count). The maximum atomic E-state index is 10.5. The van der Waals surface area contributed by atoms with Crippen molar-refractivity contribution < 1.29 is 10.8 Å². The molecule has 0 saturated carbocycles. The lowest BCUT2D eigenvalue weighted by atomic mass is 9.96. The Morgan fingerprint density at radius 1 is 0.900 bits per heavy atom. The molecule has 0 spiro atoms. The molecule has 3 aromatic rings. The van der Waals surface area contributed by atoms with E-state index in [1.165, 1.54) is 0 Å². The Bertz CT molecular complexity index is 753. The molecule has 0 saturated heterocycles. The van der Waals surface area contributed by atoms with Gasteiger partial charge in [-0.05, 0) is 23.6 Å². The summed E-state index contributed by atoms with van der Waals surface area (Å²) in [6.07, 6.45) is 0. The van der Waals surface area contributed by atoms with E-state index in [0.717, 1.165) is 21.9 Å². The summed E-state index contributed by atoms with van der Waals surface area (Å²) in [6.45, 7) is 0. The first kappa shape index (κ1) is 13.0. The fourth-order valence-electron chi connectivity index (χ4n) is 2.43. The van der Waals surface area contributed by atoms with Gasteiger partial charge < -0.3 is 10.8 Å². The van der Waals surface area contributed by atoms with E-state index >= 15 is 0 Å². The second-order valence-corrected chi connectivity index (χ2v) is 5.27. The molecule has 100 valence electrons. The number of quaternary nitrogens is 1. The van der Waals surface area contributed by atoms with E-state index in [4.69, 9.17) is 11.6 Å². The van der Waals surface area contributed by atoms with E-state index in [2.05, 4.69) is 5.73 Å². The molecular formula is C17H15ClNO+. The maximum Gasteiger partial charge on any atom is 0.139 e. The molecule has 2 nitrogen and oxygen atoms in total. The Morgan fingerprint density at radius 3 is 2.35 bits per heavy atom. The van der Waals surface area contributed by atoms with Crippen LogP contribution in [-0.4, -0.2) is 5.11 Å².